The highest BCUT2D eigenvalue weighted by molar-refractivity contribution is 5.76. The molecule has 0 aromatic rings. The van der Waals surface area contributed by atoms with Gasteiger partial charge in [0, 0.05) is 6.42 Å². The highest BCUT2D eigenvalue weighted by Crippen LogP contribution is 2.17. The van der Waals surface area contributed by atoms with Crippen LogP contribution in [0.15, 0.2) is 60.8 Å². The Morgan fingerprint density at radius 2 is 0.609 bits per heavy atom. The second-order valence-corrected chi connectivity index (χ2v) is 21.1. The van der Waals surface area contributed by atoms with E-state index in [-0.39, 0.29) is 12.5 Å². The van der Waals surface area contributed by atoms with E-state index >= 15 is 0 Å². The Hall–Kier alpha value is -1.91. The lowest BCUT2D eigenvalue weighted by atomic mass is 10.0. The van der Waals surface area contributed by atoms with Crippen molar-refractivity contribution in [3.8, 4) is 0 Å². The van der Waals surface area contributed by atoms with Crippen LogP contribution in [-0.2, 0) is 4.79 Å². The van der Waals surface area contributed by atoms with Crippen LogP contribution in [0.3, 0.4) is 0 Å². The molecule has 0 saturated heterocycles. The first-order valence-electron chi connectivity index (χ1n) is 31.0. The van der Waals surface area contributed by atoms with Gasteiger partial charge in [-0.25, -0.2) is 0 Å². The van der Waals surface area contributed by atoms with Gasteiger partial charge >= 0.3 is 0 Å². The van der Waals surface area contributed by atoms with Gasteiger partial charge in [-0.3, -0.25) is 4.79 Å². The fourth-order valence-corrected chi connectivity index (χ4v) is 9.48. The van der Waals surface area contributed by atoms with E-state index in [1.54, 1.807) is 6.08 Å². The van der Waals surface area contributed by atoms with Crippen molar-refractivity contribution in [1.29, 1.82) is 0 Å². The highest BCUT2D eigenvalue weighted by atomic mass is 16.3. The lowest BCUT2D eigenvalue weighted by Crippen LogP contribution is -2.45. The van der Waals surface area contributed by atoms with Crippen molar-refractivity contribution in [2.45, 2.75) is 341 Å². The number of hydrogen-bond donors (Lipinski definition) is 3. The van der Waals surface area contributed by atoms with Gasteiger partial charge in [-0.15, -0.1) is 0 Å². The first-order valence-corrected chi connectivity index (χ1v) is 31.0. The number of aliphatic hydroxyl groups excluding tert-OH is 2. The van der Waals surface area contributed by atoms with Crippen molar-refractivity contribution in [3.63, 3.8) is 0 Å². The third kappa shape index (κ3) is 56.9. The monoisotopic (exact) mass is 964 g/mol. The summed E-state index contributed by atoms with van der Waals surface area (Å²) in [6.07, 6.45) is 85.6. The van der Waals surface area contributed by atoms with E-state index in [0.717, 1.165) is 44.9 Å². The van der Waals surface area contributed by atoms with Crippen molar-refractivity contribution in [2.24, 2.45) is 0 Å². The number of rotatable bonds is 57. The summed E-state index contributed by atoms with van der Waals surface area (Å²) in [5.74, 6) is -0.0731. The summed E-state index contributed by atoms with van der Waals surface area (Å²) in [6, 6.07) is -0.647. The number of hydrogen-bond acceptors (Lipinski definition) is 3. The van der Waals surface area contributed by atoms with E-state index < -0.39 is 12.1 Å². The lowest BCUT2D eigenvalue weighted by molar-refractivity contribution is -0.123. The van der Waals surface area contributed by atoms with E-state index in [1.165, 1.54) is 263 Å². The quantitative estimate of drug-likeness (QED) is 0.0420. The van der Waals surface area contributed by atoms with Crippen LogP contribution in [-0.4, -0.2) is 34.9 Å². The van der Waals surface area contributed by atoms with Gasteiger partial charge in [-0.1, -0.05) is 306 Å². The minimum Gasteiger partial charge on any atom is -0.394 e. The summed E-state index contributed by atoms with van der Waals surface area (Å²) in [7, 11) is 0. The number of carbonyl (C=O) groups excluding carboxylic acids is 1. The maximum absolute atomic E-state index is 12.5. The second kappa shape index (κ2) is 60.4. The van der Waals surface area contributed by atoms with Crippen LogP contribution in [0.4, 0.5) is 0 Å². The molecule has 404 valence electrons. The average Bonchev–Trinajstić information content (AvgIpc) is 3.35. The van der Waals surface area contributed by atoms with Crippen LogP contribution < -0.4 is 5.32 Å². The Morgan fingerprint density at radius 3 is 0.928 bits per heavy atom. The number of nitrogens with one attached hydrogen (secondary N) is 1. The number of amides is 1. The largest absolute Gasteiger partial charge is 0.394 e. The zero-order valence-electron chi connectivity index (χ0n) is 46.6. The molecule has 0 fully saturated rings. The molecule has 0 radical (unpaired) electrons. The fraction of sp³-hybridized carbons (Fsp3) is 0.831. The van der Waals surface area contributed by atoms with Gasteiger partial charge < -0.3 is 15.5 Å². The van der Waals surface area contributed by atoms with Crippen LogP contribution in [0.1, 0.15) is 328 Å². The molecule has 0 aliphatic carbocycles. The fourth-order valence-electron chi connectivity index (χ4n) is 9.48. The Kier molecular flexibility index (Phi) is 58.7. The molecule has 0 bridgehead atoms. The molecule has 0 spiro atoms. The Bertz CT molecular complexity index is 1140. The molecule has 0 aromatic heterocycles. The number of aliphatic hydroxyl groups is 2. The molecule has 0 aliphatic rings. The zero-order valence-corrected chi connectivity index (χ0v) is 46.6. The molecule has 2 atom stereocenters. The predicted octanol–water partition coefficient (Wildman–Crippen LogP) is 20.8. The van der Waals surface area contributed by atoms with Gasteiger partial charge in [0.15, 0.2) is 0 Å². The summed E-state index contributed by atoms with van der Waals surface area (Å²) in [4.78, 5) is 12.5. The molecule has 2 unspecified atom stereocenters. The predicted molar refractivity (Wildman–Crippen MR) is 308 cm³/mol. The molecule has 1 amide bonds. The molecular formula is C65H121NO3. The molecule has 69 heavy (non-hydrogen) atoms. The van der Waals surface area contributed by atoms with Crippen LogP contribution >= 0.6 is 0 Å². The van der Waals surface area contributed by atoms with Crippen molar-refractivity contribution >= 4 is 5.91 Å². The molecule has 0 saturated carbocycles. The Balaban J connectivity index is 3.48. The van der Waals surface area contributed by atoms with Gasteiger partial charge in [-0.2, -0.15) is 0 Å². The van der Waals surface area contributed by atoms with Crippen LogP contribution in [0.5, 0.6) is 0 Å². The van der Waals surface area contributed by atoms with Gasteiger partial charge in [0.25, 0.3) is 0 Å². The van der Waals surface area contributed by atoms with Crippen molar-refractivity contribution < 1.29 is 15.0 Å². The number of allylic oxidation sites excluding steroid dienone is 9. The normalized spacial score (nSPS) is 13.2. The standard InChI is InChI=1S/C65H121NO3/c1-3-5-7-9-11-13-15-17-19-21-23-25-27-28-29-30-31-32-33-34-35-36-37-38-39-41-43-45-47-49-51-53-55-57-59-61-65(69)66-63(62-67)64(68)60-58-56-54-52-50-48-46-44-42-40-26-24-22-20-18-16-14-12-10-8-6-4-2/h15,17,21,23,42,44,50,52,58,60,63-64,67-68H,3-14,16,18-20,22,24-41,43,45-49,51,53-57,59,61-62H2,1-2H3,(H,66,69)/b17-15-,23-21-,44-42+,52-50+,60-58+. The first kappa shape index (κ1) is 67.1. The highest BCUT2D eigenvalue weighted by Gasteiger charge is 2.18. The molecule has 3 N–H and O–H groups in total. The van der Waals surface area contributed by atoms with Gasteiger partial charge in [0.1, 0.15) is 0 Å². The SMILES string of the molecule is CCCCCCC/C=C\C/C=C\CCCCCCCCCCCCCCCCCCCCCCCCCC(=O)NC(CO)C(O)/C=C/CC/C=C/CC/C=C/CCCCCCCCCCCCCC. The van der Waals surface area contributed by atoms with Crippen LogP contribution in [0, 0.1) is 0 Å². The van der Waals surface area contributed by atoms with Crippen molar-refractivity contribution in [3.05, 3.63) is 60.8 Å². The van der Waals surface area contributed by atoms with Gasteiger partial charge in [0.2, 0.25) is 5.91 Å². The van der Waals surface area contributed by atoms with Crippen molar-refractivity contribution in [2.75, 3.05) is 6.61 Å². The van der Waals surface area contributed by atoms with E-state index in [2.05, 4.69) is 67.8 Å². The minimum absolute atomic E-state index is 0.0731. The summed E-state index contributed by atoms with van der Waals surface area (Å²) in [5.41, 5.74) is 0. The van der Waals surface area contributed by atoms with E-state index in [0.29, 0.717) is 6.42 Å². The second-order valence-electron chi connectivity index (χ2n) is 21.1. The van der Waals surface area contributed by atoms with Crippen molar-refractivity contribution in [1.82, 2.24) is 5.32 Å². The summed E-state index contributed by atoms with van der Waals surface area (Å²) >= 11 is 0. The number of unbranched alkanes of at least 4 members (excludes halogenated alkanes) is 42. The maximum atomic E-state index is 12.5. The van der Waals surface area contributed by atoms with Crippen LogP contribution in [0.25, 0.3) is 0 Å². The van der Waals surface area contributed by atoms with E-state index in [9.17, 15) is 15.0 Å². The van der Waals surface area contributed by atoms with E-state index in [4.69, 9.17) is 0 Å². The molecule has 0 rings (SSSR count). The smallest absolute Gasteiger partial charge is 0.220 e. The minimum atomic E-state index is -0.871. The molecular weight excluding hydrogens is 843 g/mol. The maximum Gasteiger partial charge on any atom is 0.220 e. The molecule has 0 aliphatic heterocycles. The van der Waals surface area contributed by atoms with Gasteiger partial charge in [0.05, 0.1) is 18.8 Å². The Morgan fingerprint density at radius 1 is 0.348 bits per heavy atom. The third-order valence-corrected chi connectivity index (χ3v) is 14.2. The van der Waals surface area contributed by atoms with Gasteiger partial charge in [-0.05, 0) is 77.0 Å². The number of carbonyl (C=O) groups is 1. The summed E-state index contributed by atoms with van der Waals surface area (Å²) in [6.45, 7) is 4.31. The Labute approximate surface area is 432 Å². The molecule has 4 nitrogen and oxygen atoms in total. The van der Waals surface area contributed by atoms with E-state index in [1.807, 2.05) is 6.08 Å². The average molecular weight is 965 g/mol. The van der Waals surface area contributed by atoms with Crippen LogP contribution in [0.2, 0.25) is 0 Å². The summed E-state index contributed by atoms with van der Waals surface area (Å²) < 4.78 is 0. The summed E-state index contributed by atoms with van der Waals surface area (Å²) in [5, 5.41) is 23.2. The zero-order chi connectivity index (χ0) is 49.9. The third-order valence-electron chi connectivity index (χ3n) is 14.2. The molecule has 0 aromatic carbocycles. The lowest BCUT2D eigenvalue weighted by Gasteiger charge is -2.19. The molecule has 4 heteroatoms. The first-order chi connectivity index (χ1) is 34.2. The molecule has 0 heterocycles. The topological polar surface area (TPSA) is 69.6 Å².